The number of ether oxygens (including phenoxy) is 1. The van der Waals surface area contributed by atoms with Gasteiger partial charge in [0, 0.05) is 29.5 Å². The molecule has 0 atom stereocenters. The van der Waals surface area contributed by atoms with E-state index in [-0.39, 0.29) is 24.5 Å². The molecular weight excluding hydrogens is 370 g/mol. The van der Waals surface area contributed by atoms with Crippen molar-refractivity contribution in [1.29, 1.82) is 0 Å². The quantitative estimate of drug-likeness (QED) is 0.693. The molecule has 1 aliphatic carbocycles. The van der Waals surface area contributed by atoms with Crippen LogP contribution < -0.4 is 5.73 Å². The molecule has 7 heteroatoms. The maximum atomic E-state index is 13.1. The standard InChI is InChI=1S/C22H27N3O4/c1-4-29-22(28)19-11-14(2)24(15(19)3)13-20(26)25(18-9-10-18)12-16-5-7-17(8-6-16)21(23)27/h5-8,11,18H,4,9-10,12-13H2,1-3H3,(H2,23,27). The zero-order valence-corrected chi connectivity index (χ0v) is 17.1. The van der Waals surface area contributed by atoms with Crippen LogP contribution in [0.3, 0.4) is 0 Å². The lowest BCUT2D eigenvalue weighted by atomic mass is 10.1. The number of nitrogens with zero attached hydrogens (tertiary/aromatic N) is 2. The highest BCUT2D eigenvalue weighted by Gasteiger charge is 2.33. The predicted octanol–water partition coefficient (Wildman–Crippen LogP) is 2.57. The Labute approximate surface area is 170 Å². The Morgan fingerprint density at radius 2 is 1.83 bits per heavy atom. The summed E-state index contributed by atoms with van der Waals surface area (Å²) in [5.74, 6) is -0.834. The fraction of sp³-hybridized carbons (Fsp3) is 0.409. The minimum absolute atomic E-state index is 0.00341. The minimum Gasteiger partial charge on any atom is -0.462 e. The van der Waals surface area contributed by atoms with Gasteiger partial charge < -0.3 is 19.9 Å². The number of primary amides is 1. The van der Waals surface area contributed by atoms with Gasteiger partial charge >= 0.3 is 5.97 Å². The summed E-state index contributed by atoms with van der Waals surface area (Å²) in [6.07, 6.45) is 1.98. The van der Waals surface area contributed by atoms with Crippen molar-refractivity contribution in [3.05, 3.63) is 58.4 Å². The Balaban J connectivity index is 1.75. The van der Waals surface area contributed by atoms with Crippen LogP contribution in [-0.2, 0) is 22.6 Å². The van der Waals surface area contributed by atoms with Crippen LogP contribution in [-0.4, -0.2) is 39.9 Å². The SMILES string of the molecule is CCOC(=O)c1cc(C)n(CC(=O)N(Cc2ccc(C(N)=O)cc2)C2CC2)c1C. The number of amides is 2. The fourth-order valence-corrected chi connectivity index (χ4v) is 3.46. The van der Waals surface area contributed by atoms with Crippen molar-refractivity contribution in [1.82, 2.24) is 9.47 Å². The lowest BCUT2D eigenvalue weighted by molar-refractivity contribution is -0.133. The second-order valence-electron chi connectivity index (χ2n) is 7.41. The molecule has 2 aromatic rings. The van der Waals surface area contributed by atoms with Gasteiger partial charge in [-0.25, -0.2) is 4.79 Å². The van der Waals surface area contributed by atoms with Crippen molar-refractivity contribution >= 4 is 17.8 Å². The third kappa shape index (κ3) is 4.67. The highest BCUT2D eigenvalue weighted by molar-refractivity contribution is 5.93. The predicted molar refractivity (Wildman–Crippen MR) is 108 cm³/mol. The zero-order valence-electron chi connectivity index (χ0n) is 17.1. The molecule has 1 aliphatic rings. The number of rotatable bonds is 8. The molecule has 1 fully saturated rings. The van der Waals surface area contributed by atoms with Gasteiger partial charge in [0.05, 0.1) is 12.2 Å². The van der Waals surface area contributed by atoms with Gasteiger partial charge in [-0.2, -0.15) is 0 Å². The van der Waals surface area contributed by atoms with Gasteiger partial charge in [0.15, 0.2) is 0 Å². The summed E-state index contributed by atoms with van der Waals surface area (Å²) < 4.78 is 6.96. The van der Waals surface area contributed by atoms with Crippen molar-refractivity contribution in [3.8, 4) is 0 Å². The highest BCUT2D eigenvalue weighted by atomic mass is 16.5. The molecule has 1 heterocycles. The van der Waals surface area contributed by atoms with Crippen LogP contribution in [0.25, 0.3) is 0 Å². The van der Waals surface area contributed by atoms with Crippen LogP contribution in [0.4, 0.5) is 0 Å². The van der Waals surface area contributed by atoms with E-state index in [2.05, 4.69) is 0 Å². The van der Waals surface area contributed by atoms with Crippen LogP contribution in [0.15, 0.2) is 30.3 Å². The molecule has 1 saturated carbocycles. The molecule has 3 rings (SSSR count). The highest BCUT2D eigenvalue weighted by Crippen LogP contribution is 2.29. The summed E-state index contributed by atoms with van der Waals surface area (Å²) in [7, 11) is 0. The number of carbonyl (C=O) groups excluding carboxylic acids is 3. The van der Waals surface area contributed by atoms with Crippen molar-refractivity contribution in [2.75, 3.05) is 6.61 Å². The van der Waals surface area contributed by atoms with Gasteiger partial charge in [0.1, 0.15) is 6.54 Å². The molecule has 29 heavy (non-hydrogen) atoms. The summed E-state index contributed by atoms with van der Waals surface area (Å²) in [5, 5.41) is 0. The summed E-state index contributed by atoms with van der Waals surface area (Å²) in [5.41, 5.74) is 8.76. The van der Waals surface area contributed by atoms with E-state index < -0.39 is 5.91 Å². The van der Waals surface area contributed by atoms with Crippen LogP contribution in [0.2, 0.25) is 0 Å². The first-order valence-electron chi connectivity index (χ1n) is 9.83. The average molecular weight is 397 g/mol. The molecule has 0 bridgehead atoms. The fourth-order valence-electron chi connectivity index (χ4n) is 3.46. The van der Waals surface area contributed by atoms with Gasteiger partial charge in [-0.3, -0.25) is 9.59 Å². The molecular formula is C22H27N3O4. The molecule has 0 saturated heterocycles. The normalized spacial score (nSPS) is 13.2. The molecule has 2 amide bonds. The van der Waals surface area contributed by atoms with E-state index in [0.717, 1.165) is 29.8 Å². The second-order valence-corrected chi connectivity index (χ2v) is 7.41. The summed E-state index contributed by atoms with van der Waals surface area (Å²) in [4.78, 5) is 38.3. The molecule has 0 aliphatic heterocycles. The molecule has 154 valence electrons. The largest absolute Gasteiger partial charge is 0.462 e. The van der Waals surface area contributed by atoms with E-state index in [1.165, 1.54) is 0 Å². The lowest BCUT2D eigenvalue weighted by Gasteiger charge is -2.24. The Morgan fingerprint density at radius 1 is 1.17 bits per heavy atom. The Kier molecular flexibility index (Phi) is 6.06. The van der Waals surface area contributed by atoms with E-state index in [4.69, 9.17) is 10.5 Å². The number of benzene rings is 1. The van der Waals surface area contributed by atoms with Gasteiger partial charge in [-0.1, -0.05) is 12.1 Å². The van der Waals surface area contributed by atoms with Crippen molar-refractivity contribution < 1.29 is 19.1 Å². The van der Waals surface area contributed by atoms with Gasteiger partial charge in [0.25, 0.3) is 0 Å². The number of esters is 1. The minimum atomic E-state index is -0.470. The third-order valence-electron chi connectivity index (χ3n) is 5.26. The van der Waals surface area contributed by atoms with Crippen LogP contribution in [0.1, 0.15) is 57.4 Å². The first kappa shape index (κ1) is 20.6. The summed E-state index contributed by atoms with van der Waals surface area (Å²) >= 11 is 0. The number of aryl methyl sites for hydroxylation is 1. The van der Waals surface area contributed by atoms with E-state index in [1.54, 1.807) is 25.1 Å². The third-order valence-corrected chi connectivity index (χ3v) is 5.26. The average Bonchev–Trinajstić information content (AvgIpc) is 3.48. The maximum Gasteiger partial charge on any atom is 0.339 e. The summed E-state index contributed by atoms with van der Waals surface area (Å²) in [6.45, 7) is 6.44. The Hall–Kier alpha value is -3.09. The first-order valence-corrected chi connectivity index (χ1v) is 9.83. The molecule has 7 nitrogen and oxygen atoms in total. The van der Waals surface area contributed by atoms with Crippen LogP contribution in [0, 0.1) is 13.8 Å². The van der Waals surface area contributed by atoms with Crippen molar-refractivity contribution in [2.45, 2.75) is 52.7 Å². The first-order chi connectivity index (χ1) is 13.8. The van der Waals surface area contributed by atoms with E-state index in [9.17, 15) is 14.4 Å². The van der Waals surface area contributed by atoms with Gasteiger partial charge in [-0.05, 0) is 57.4 Å². The van der Waals surface area contributed by atoms with E-state index in [0.29, 0.717) is 24.3 Å². The van der Waals surface area contributed by atoms with Crippen LogP contribution in [0.5, 0.6) is 0 Å². The number of nitrogens with two attached hydrogens (primary N) is 1. The smallest absolute Gasteiger partial charge is 0.339 e. The number of aromatic nitrogens is 1. The van der Waals surface area contributed by atoms with Gasteiger partial charge in [0.2, 0.25) is 11.8 Å². The molecule has 0 spiro atoms. The Bertz CT molecular complexity index is 926. The van der Waals surface area contributed by atoms with E-state index >= 15 is 0 Å². The van der Waals surface area contributed by atoms with Gasteiger partial charge in [-0.15, -0.1) is 0 Å². The molecule has 1 aromatic carbocycles. The molecule has 1 aromatic heterocycles. The molecule has 0 unspecified atom stereocenters. The zero-order chi connectivity index (χ0) is 21.1. The molecule has 0 radical (unpaired) electrons. The number of hydrogen-bond acceptors (Lipinski definition) is 4. The number of hydrogen-bond donors (Lipinski definition) is 1. The molecule has 2 N–H and O–H groups in total. The lowest BCUT2D eigenvalue weighted by Crippen LogP contribution is -2.35. The van der Waals surface area contributed by atoms with Crippen molar-refractivity contribution in [3.63, 3.8) is 0 Å². The van der Waals surface area contributed by atoms with E-state index in [1.807, 2.05) is 35.4 Å². The number of carbonyl (C=O) groups is 3. The monoisotopic (exact) mass is 397 g/mol. The van der Waals surface area contributed by atoms with Crippen LogP contribution >= 0.6 is 0 Å². The second kappa shape index (κ2) is 8.51. The van der Waals surface area contributed by atoms with Crippen molar-refractivity contribution in [2.24, 2.45) is 5.73 Å². The Morgan fingerprint density at radius 3 is 2.38 bits per heavy atom. The maximum absolute atomic E-state index is 13.1. The summed E-state index contributed by atoms with van der Waals surface area (Å²) in [6, 6.07) is 9.02. The topological polar surface area (TPSA) is 94.6 Å².